The zero-order chi connectivity index (χ0) is 15.7. The number of rotatable bonds is 6. The van der Waals surface area contributed by atoms with Crippen molar-refractivity contribution in [3.8, 4) is 0 Å². The molecule has 1 fully saturated rings. The Balaban J connectivity index is 2.28. The third-order valence-electron chi connectivity index (χ3n) is 4.10. The molecule has 0 bridgehead atoms. The number of aromatic nitrogens is 2. The first-order valence-corrected chi connectivity index (χ1v) is 8.68. The van der Waals surface area contributed by atoms with Gasteiger partial charge in [0.05, 0.1) is 11.6 Å². The van der Waals surface area contributed by atoms with Crippen molar-refractivity contribution in [2.24, 2.45) is 0 Å². The number of ether oxygens (including phenoxy) is 1. The standard InChI is InChI=1S/C13H24N4O3S/c1-5-14-8-11-9(2)15-16-12(11)21(18,19)17-13(4)6-7-20-10(13)3/h10,14,17H,5-8H2,1-4H3,(H,15,16). The van der Waals surface area contributed by atoms with Gasteiger partial charge in [-0.15, -0.1) is 0 Å². The van der Waals surface area contributed by atoms with Crippen LogP contribution in [0.4, 0.5) is 0 Å². The minimum Gasteiger partial charge on any atom is -0.376 e. The van der Waals surface area contributed by atoms with Gasteiger partial charge >= 0.3 is 0 Å². The summed E-state index contributed by atoms with van der Waals surface area (Å²) in [4.78, 5) is 0. The fraction of sp³-hybridized carbons (Fsp3) is 0.769. The highest BCUT2D eigenvalue weighted by Crippen LogP contribution is 2.28. The number of hydrogen-bond acceptors (Lipinski definition) is 5. The van der Waals surface area contributed by atoms with E-state index in [1.54, 1.807) is 0 Å². The number of nitrogens with one attached hydrogen (secondary N) is 3. The molecule has 3 N–H and O–H groups in total. The Morgan fingerprint density at radius 2 is 2.24 bits per heavy atom. The van der Waals surface area contributed by atoms with Crippen LogP contribution in [-0.4, -0.2) is 43.4 Å². The SMILES string of the molecule is CCNCc1c(S(=O)(=O)NC2(C)CCOC2C)n[nH]c1C. The Labute approximate surface area is 125 Å². The molecule has 0 aromatic carbocycles. The van der Waals surface area contributed by atoms with Crippen LogP contribution in [0.1, 0.15) is 38.4 Å². The zero-order valence-electron chi connectivity index (χ0n) is 13.0. The zero-order valence-corrected chi connectivity index (χ0v) is 13.8. The Kier molecular flexibility index (Phi) is 4.72. The van der Waals surface area contributed by atoms with Gasteiger partial charge in [-0.25, -0.2) is 13.1 Å². The molecule has 8 heteroatoms. The largest absolute Gasteiger partial charge is 0.376 e. The van der Waals surface area contributed by atoms with Crippen LogP contribution < -0.4 is 10.0 Å². The van der Waals surface area contributed by atoms with E-state index in [9.17, 15) is 8.42 Å². The van der Waals surface area contributed by atoms with Crippen molar-refractivity contribution in [2.45, 2.75) is 57.3 Å². The van der Waals surface area contributed by atoms with Crippen molar-refractivity contribution in [3.05, 3.63) is 11.3 Å². The van der Waals surface area contributed by atoms with E-state index in [1.165, 1.54) is 0 Å². The average Bonchev–Trinajstić information content (AvgIpc) is 2.91. The summed E-state index contributed by atoms with van der Waals surface area (Å²) in [6, 6.07) is 0. The first-order valence-electron chi connectivity index (χ1n) is 7.20. The molecular formula is C13H24N4O3S. The molecule has 2 unspecified atom stereocenters. The predicted octanol–water partition coefficient (Wildman–Crippen LogP) is 0.673. The Hall–Kier alpha value is -0.960. The van der Waals surface area contributed by atoms with Gasteiger partial charge in [-0.1, -0.05) is 6.92 Å². The Bertz CT molecular complexity index is 599. The van der Waals surface area contributed by atoms with Gasteiger partial charge in [0, 0.05) is 24.4 Å². The Morgan fingerprint density at radius 1 is 1.52 bits per heavy atom. The smallest absolute Gasteiger partial charge is 0.260 e. The van der Waals surface area contributed by atoms with Gasteiger partial charge in [-0.2, -0.15) is 5.10 Å². The van der Waals surface area contributed by atoms with Crippen LogP contribution in [-0.2, 0) is 21.3 Å². The second kappa shape index (κ2) is 6.04. The molecule has 21 heavy (non-hydrogen) atoms. The molecule has 2 heterocycles. The maximum absolute atomic E-state index is 12.7. The van der Waals surface area contributed by atoms with E-state index < -0.39 is 15.6 Å². The maximum Gasteiger partial charge on any atom is 0.260 e. The summed E-state index contributed by atoms with van der Waals surface area (Å²) < 4.78 is 33.6. The van der Waals surface area contributed by atoms with E-state index in [2.05, 4.69) is 20.2 Å². The van der Waals surface area contributed by atoms with Crippen LogP contribution in [0.15, 0.2) is 5.03 Å². The van der Waals surface area contributed by atoms with Crippen LogP contribution in [0.3, 0.4) is 0 Å². The highest BCUT2D eigenvalue weighted by atomic mass is 32.2. The van der Waals surface area contributed by atoms with Gasteiger partial charge in [0.15, 0.2) is 5.03 Å². The average molecular weight is 316 g/mol. The maximum atomic E-state index is 12.7. The van der Waals surface area contributed by atoms with Gasteiger partial charge in [0.2, 0.25) is 0 Å². The summed E-state index contributed by atoms with van der Waals surface area (Å²) in [6.07, 6.45) is 0.490. The number of aromatic amines is 1. The molecule has 2 rings (SSSR count). The minimum atomic E-state index is -3.69. The van der Waals surface area contributed by atoms with E-state index >= 15 is 0 Å². The van der Waals surface area contributed by atoms with E-state index in [1.807, 2.05) is 27.7 Å². The lowest BCUT2D eigenvalue weighted by Gasteiger charge is -2.28. The van der Waals surface area contributed by atoms with Crippen molar-refractivity contribution in [1.82, 2.24) is 20.2 Å². The van der Waals surface area contributed by atoms with Gasteiger partial charge in [-0.05, 0) is 33.7 Å². The molecule has 1 aliphatic heterocycles. The lowest BCUT2D eigenvalue weighted by atomic mass is 9.97. The molecule has 0 aliphatic carbocycles. The topological polar surface area (TPSA) is 96.1 Å². The summed E-state index contributed by atoms with van der Waals surface area (Å²) in [5.41, 5.74) is 0.845. The second-order valence-electron chi connectivity index (χ2n) is 5.70. The molecule has 1 aromatic heterocycles. The number of hydrogen-bond donors (Lipinski definition) is 3. The second-order valence-corrected chi connectivity index (χ2v) is 7.30. The molecule has 0 radical (unpaired) electrons. The predicted molar refractivity (Wildman–Crippen MR) is 79.5 cm³/mol. The molecule has 0 saturated carbocycles. The summed E-state index contributed by atoms with van der Waals surface area (Å²) >= 11 is 0. The Morgan fingerprint density at radius 3 is 2.81 bits per heavy atom. The van der Waals surface area contributed by atoms with Crippen molar-refractivity contribution in [1.29, 1.82) is 0 Å². The molecule has 1 saturated heterocycles. The van der Waals surface area contributed by atoms with Gasteiger partial charge < -0.3 is 10.1 Å². The van der Waals surface area contributed by atoms with Crippen LogP contribution >= 0.6 is 0 Å². The fourth-order valence-electron chi connectivity index (χ4n) is 2.43. The van der Waals surface area contributed by atoms with Gasteiger partial charge in [0.25, 0.3) is 10.0 Å². The summed E-state index contributed by atoms with van der Waals surface area (Å²) in [6.45, 7) is 9.33. The fourth-order valence-corrected chi connectivity index (χ4v) is 4.13. The molecular weight excluding hydrogens is 292 g/mol. The lowest BCUT2D eigenvalue weighted by Crippen LogP contribution is -2.50. The lowest BCUT2D eigenvalue weighted by molar-refractivity contribution is 0.0957. The normalized spacial score (nSPS) is 26.4. The van der Waals surface area contributed by atoms with E-state index in [0.717, 1.165) is 12.2 Å². The van der Waals surface area contributed by atoms with E-state index in [0.29, 0.717) is 25.1 Å². The van der Waals surface area contributed by atoms with E-state index in [4.69, 9.17) is 4.74 Å². The summed E-state index contributed by atoms with van der Waals surface area (Å²) in [5.74, 6) is 0. The van der Waals surface area contributed by atoms with Crippen molar-refractivity contribution < 1.29 is 13.2 Å². The number of H-pyrrole nitrogens is 1. The molecule has 1 aliphatic rings. The molecule has 0 spiro atoms. The third-order valence-corrected chi connectivity index (χ3v) is 5.68. The summed E-state index contributed by atoms with van der Waals surface area (Å²) in [5, 5.41) is 9.95. The van der Waals surface area contributed by atoms with Crippen molar-refractivity contribution in [2.75, 3.05) is 13.2 Å². The third kappa shape index (κ3) is 3.28. The van der Waals surface area contributed by atoms with Gasteiger partial charge in [0.1, 0.15) is 0 Å². The highest BCUT2D eigenvalue weighted by Gasteiger charge is 2.41. The molecule has 120 valence electrons. The number of aryl methyl sites for hydroxylation is 1. The minimum absolute atomic E-state index is 0.0706. The first kappa shape index (κ1) is 16.4. The van der Waals surface area contributed by atoms with Gasteiger partial charge in [-0.3, -0.25) is 5.10 Å². The van der Waals surface area contributed by atoms with Crippen molar-refractivity contribution in [3.63, 3.8) is 0 Å². The molecule has 1 aromatic rings. The monoisotopic (exact) mass is 316 g/mol. The number of nitrogens with zero attached hydrogens (tertiary/aromatic N) is 1. The molecule has 0 amide bonds. The van der Waals surface area contributed by atoms with E-state index in [-0.39, 0.29) is 11.1 Å². The first-order chi connectivity index (χ1) is 9.80. The highest BCUT2D eigenvalue weighted by molar-refractivity contribution is 7.89. The van der Waals surface area contributed by atoms with Crippen molar-refractivity contribution >= 4 is 10.0 Å². The molecule has 7 nitrogen and oxygen atoms in total. The van der Waals surface area contributed by atoms with Crippen LogP contribution in [0.5, 0.6) is 0 Å². The van der Waals surface area contributed by atoms with Crippen LogP contribution in [0.2, 0.25) is 0 Å². The summed E-state index contributed by atoms with van der Waals surface area (Å²) in [7, 11) is -3.69. The molecule has 2 atom stereocenters. The van der Waals surface area contributed by atoms with Crippen LogP contribution in [0, 0.1) is 6.92 Å². The number of sulfonamides is 1. The van der Waals surface area contributed by atoms with Crippen LogP contribution in [0.25, 0.3) is 0 Å². The quantitative estimate of drug-likeness (QED) is 0.717.